The van der Waals surface area contributed by atoms with Gasteiger partial charge >= 0.3 is 0 Å². The number of hydrogen-bond donors (Lipinski definition) is 0. The zero-order valence-electron chi connectivity index (χ0n) is 18.9. The number of hydrogen-bond acceptors (Lipinski definition) is 5. The van der Waals surface area contributed by atoms with Crippen molar-refractivity contribution in [2.75, 3.05) is 30.1 Å². The molecule has 6 nitrogen and oxygen atoms in total. The van der Waals surface area contributed by atoms with Crippen LogP contribution in [0.15, 0.2) is 84.6 Å². The molecule has 0 N–H and O–H groups in total. The molecule has 0 aromatic heterocycles. The van der Waals surface area contributed by atoms with E-state index in [9.17, 15) is 9.59 Å². The molecule has 0 radical (unpaired) electrons. The Kier molecular flexibility index (Phi) is 6.45. The number of para-hydroxylation sites is 3. The van der Waals surface area contributed by atoms with Crippen molar-refractivity contribution in [2.45, 2.75) is 13.8 Å². The molecule has 0 bridgehead atoms. The number of imide groups is 1. The number of likely N-dealkylation sites (N-methyl/N-ethyl adjacent to an activating group) is 1. The molecule has 0 spiro atoms. The van der Waals surface area contributed by atoms with Crippen LogP contribution in [0.4, 0.5) is 11.4 Å². The number of benzene rings is 3. The van der Waals surface area contributed by atoms with Gasteiger partial charge in [-0.2, -0.15) is 0 Å². The Morgan fingerprint density at radius 1 is 0.818 bits per heavy atom. The number of nitrogens with zero attached hydrogens (tertiary/aromatic N) is 2. The van der Waals surface area contributed by atoms with E-state index in [0.29, 0.717) is 47.2 Å². The van der Waals surface area contributed by atoms with Crippen molar-refractivity contribution >= 4 is 28.8 Å². The van der Waals surface area contributed by atoms with Crippen molar-refractivity contribution in [3.63, 3.8) is 0 Å². The number of anilines is 2. The largest absolute Gasteiger partial charge is 0.495 e. The minimum atomic E-state index is -0.391. The van der Waals surface area contributed by atoms with Crippen LogP contribution in [0.25, 0.3) is 5.57 Å². The number of carbonyl (C=O) groups excluding carboxylic acids is 2. The Hall–Kier alpha value is -4.06. The van der Waals surface area contributed by atoms with E-state index in [1.807, 2.05) is 73.3 Å². The van der Waals surface area contributed by atoms with Gasteiger partial charge in [0.15, 0.2) is 0 Å². The van der Waals surface area contributed by atoms with Crippen molar-refractivity contribution in [3.8, 4) is 11.5 Å². The molecule has 1 aliphatic heterocycles. The monoisotopic (exact) mass is 442 g/mol. The van der Waals surface area contributed by atoms with E-state index >= 15 is 0 Å². The van der Waals surface area contributed by atoms with Gasteiger partial charge in [-0.1, -0.05) is 42.5 Å². The van der Waals surface area contributed by atoms with Crippen LogP contribution < -0.4 is 19.3 Å². The van der Waals surface area contributed by atoms with Crippen LogP contribution in [0, 0.1) is 0 Å². The summed E-state index contributed by atoms with van der Waals surface area (Å²) in [4.78, 5) is 30.7. The third-order valence-electron chi connectivity index (χ3n) is 5.49. The summed E-state index contributed by atoms with van der Waals surface area (Å²) in [5.74, 6) is 0.378. The molecule has 168 valence electrons. The molecular weight excluding hydrogens is 416 g/mol. The van der Waals surface area contributed by atoms with Gasteiger partial charge in [-0.05, 0) is 55.8 Å². The Labute approximate surface area is 193 Å². The molecule has 6 heteroatoms. The normalized spacial score (nSPS) is 13.5. The number of amides is 2. The van der Waals surface area contributed by atoms with Gasteiger partial charge in [-0.25, -0.2) is 4.90 Å². The van der Waals surface area contributed by atoms with Crippen LogP contribution in [-0.2, 0) is 9.59 Å². The maximum absolute atomic E-state index is 13.8. The molecule has 33 heavy (non-hydrogen) atoms. The average molecular weight is 443 g/mol. The summed E-state index contributed by atoms with van der Waals surface area (Å²) >= 11 is 0. The molecular formula is C27H26N2O4. The lowest BCUT2D eigenvalue weighted by atomic mass is 10.0. The fourth-order valence-electron chi connectivity index (χ4n) is 4.02. The van der Waals surface area contributed by atoms with Crippen molar-refractivity contribution in [3.05, 3.63) is 90.1 Å². The zero-order chi connectivity index (χ0) is 23.4. The highest BCUT2D eigenvalue weighted by atomic mass is 16.5. The number of rotatable bonds is 8. The average Bonchev–Trinajstić information content (AvgIpc) is 3.11. The summed E-state index contributed by atoms with van der Waals surface area (Å²) in [7, 11) is 1.52. The fourth-order valence-corrected chi connectivity index (χ4v) is 4.02. The van der Waals surface area contributed by atoms with E-state index < -0.39 is 5.91 Å². The van der Waals surface area contributed by atoms with Gasteiger partial charge in [-0.3, -0.25) is 9.59 Å². The van der Waals surface area contributed by atoms with Crippen molar-refractivity contribution in [1.29, 1.82) is 0 Å². The first-order valence-corrected chi connectivity index (χ1v) is 10.9. The van der Waals surface area contributed by atoms with Gasteiger partial charge in [-0.15, -0.1) is 0 Å². The standard InChI is InChI=1S/C27H26N2O4/c1-4-28(20-11-7-6-8-12-20)25-24(19-15-17-21(18-16-19)33-5-2)26(30)29(27(25)31)22-13-9-10-14-23(22)32-3/h6-18H,4-5H2,1-3H3. The van der Waals surface area contributed by atoms with E-state index in [1.54, 1.807) is 24.3 Å². The first kappa shape index (κ1) is 22.1. The lowest BCUT2D eigenvalue weighted by molar-refractivity contribution is -0.120. The Morgan fingerprint density at radius 3 is 2.12 bits per heavy atom. The molecule has 1 aliphatic rings. The SMILES string of the molecule is CCOc1ccc(C2=C(N(CC)c3ccccc3)C(=O)N(c3ccccc3OC)C2=O)cc1. The third-order valence-corrected chi connectivity index (χ3v) is 5.49. The van der Waals surface area contributed by atoms with Gasteiger partial charge < -0.3 is 14.4 Å². The Morgan fingerprint density at radius 2 is 1.48 bits per heavy atom. The van der Waals surface area contributed by atoms with Crippen molar-refractivity contribution in [1.82, 2.24) is 0 Å². The van der Waals surface area contributed by atoms with Crippen LogP contribution in [0.3, 0.4) is 0 Å². The second-order valence-corrected chi connectivity index (χ2v) is 7.38. The highest BCUT2D eigenvalue weighted by Crippen LogP contribution is 2.39. The molecule has 0 saturated heterocycles. The lowest BCUT2D eigenvalue weighted by Gasteiger charge is -2.25. The maximum atomic E-state index is 13.8. The summed E-state index contributed by atoms with van der Waals surface area (Å²) in [6.45, 7) is 4.93. The van der Waals surface area contributed by atoms with Gasteiger partial charge in [0.1, 0.15) is 17.2 Å². The Balaban J connectivity index is 1.89. The Bertz CT molecular complexity index is 1190. The third kappa shape index (κ3) is 4.07. The predicted octanol–water partition coefficient (Wildman–Crippen LogP) is 4.90. The smallest absolute Gasteiger partial charge is 0.282 e. The lowest BCUT2D eigenvalue weighted by Crippen LogP contribution is -2.35. The molecule has 1 heterocycles. The molecule has 0 aliphatic carbocycles. The molecule has 2 amide bonds. The predicted molar refractivity (Wildman–Crippen MR) is 129 cm³/mol. The van der Waals surface area contributed by atoms with Crippen LogP contribution in [0.2, 0.25) is 0 Å². The van der Waals surface area contributed by atoms with Crippen LogP contribution in [-0.4, -0.2) is 32.1 Å². The van der Waals surface area contributed by atoms with E-state index in [-0.39, 0.29) is 5.91 Å². The maximum Gasteiger partial charge on any atom is 0.282 e. The fraction of sp³-hybridized carbons (Fsp3) is 0.185. The second-order valence-electron chi connectivity index (χ2n) is 7.38. The molecule has 0 fully saturated rings. The van der Waals surface area contributed by atoms with E-state index in [0.717, 1.165) is 5.69 Å². The van der Waals surface area contributed by atoms with Crippen molar-refractivity contribution < 1.29 is 19.1 Å². The first-order valence-electron chi connectivity index (χ1n) is 10.9. The number of ether oxygens (including phenoxy) is 2. The summed E-state index contributed by atoms with van der Waals surface area (Å²) in [6, 6.07) is 23.9. The zero-order valence-corrected chi connectivity index (χ0v) is 18.9. The van der Waals surface area contributed by atoms with Crippen LogP contribution in [0.5, 0.6) is 11.5 Å². The minimum absolute atomic E-state index is 0.337. The highest BCUT2D eigenvalue weighted by molar-refractivity contribution is 6.46. The van der Waals surface area contributed by atoms with Gasteiger partial charge in [0.25, 0.3) is 11.8 Å². The minimum Gasteiger partial charge on any atom is -0.495 e. The number of methoxy groups -OCH3 is 1. The summed E-state index contributed by atoms with van der Waals surface area (Å²) < 4.78 is 11.0. The van der Waals surface area contributed by atoms with E-state index in [2.05, 4.69) is 0 Å². The molecule has 0 atom stereocenters. The molecule has 0 unspecified atom stereocenters. The summed E-state index contributed by atoms with van der Waals surface area (Å²) in [5.41, 5.74) is 2.58. The molecule has 3 aromatic carbocycles. The highest BCUT2D eigenvalue weighted by Gasteiger charge is 2.43. The van der Waals surface area contributed by atoms with Crippen molar-refractivity contribution in [2.24, 2.45) is 0 Å². The van der Waals surface area contributed by atoms with Crippen LogP contribution >= 0.6 is 0 Å². The quantitative estimate of drug-likeness (QED) is 0.464. The topological polar surface area (TPSA) is 59.1 Å². The van der Waals surface area contributed by atoms with Gasteiger partial charge in [0, 0.05) is 12.2 Å². The molecule has 4 rings (SSSR count). The number of carbonyl (C=O) groups is 2. The first-order chi connectivity index (χ1) is 16.1. The molecule has 0 saturated carbocycles. The van der Waals surface area contributed by atoms with E-state index in [1.165, 1.54) is 12.0 Å². The van der Waals surface area contributed by atoms with E-state index in [4.69, 9.17) is 9.47 Å². The molecule has 3 aromatic rings. The summed E-state index contributed by atoms with van der Waals surface area (Å²) in [6.07, 6.45) is 0. The second kappa shape index (κ2) is 9.61. The van der Waals surface area contributed by atoms with Gasteiger partial charge in [0.05, 0.1) is 25.0 Å². The van der Waals surface area contributed by atoms with Gasteiger partial charge in [0.2, 0.25) is 0 Å². The summed E-state index contributed by atoms with van der Waals surface area (Å²) in [5, 5.41) is 0. The van der Waals surface area contributed by atoms with Crippen LogP contribution in [0.1, 0.15) is 19.4 Å².